The fourth-order valence-corrected chi connectivity index (χ4v) is 3.68. The zero-order valence-corrected chi connectivity index (χ0v) is 16.3. The highest BCUT2D eigenvalue weighted by Crippen LogP contribution is 2.33. The molecule has 0 saturated carbocycles. The molecule has 0 aliphatic heterocycles. The molecule has 0 aliphatic carbocycles. The van der Waals surface area contributed by atoms with Crippen molar-refractivity contribution in [3.05, 3.63) is 26.6 Å². The van der Waals surface area contributed by atoms with Crippen LogP contribution in [-0.2, 0) is 6.54 Å². The third-order valence-corrected chi connectivity index (χ3v) is 4.42. The van der Waals surface area contributed by atoms with Crippen molar-refractivity contribution in [1.29, 1.82) is 0 Å². The van der Waals surface area contributed by atoms with E-state index in [0.29, 0.717) is 13.2 Å². The van der Waals surface area contributed by atoms with Gasteiger partial charge >= 0.3 is 0 Å². The SMILES string of the molecule is CCOc1c(Br)cc(Br)cc1CNC(CCO)C(C)(C)C. The van der Waals surface area contributed by atoms with Gasteiger partial charge in [-0.1, -0.05) is 36.7 Å². The number of halogens is 2. The van der Waals surface area contributed by atoms with Crippen molar-refractivity contribution in [3.8, 4) is 5.75 Å². The van der Waals surface area contributed by atoms with E-state index in [-0.39, 0.29) is 18.1 Å². The zero-order valence-electron chi connectivity index (χ0n) is 13.2. The topological polar surface area (TPSA) is 41.5 Å². The smallest absolute Gasteiger partial charge is 0.138 e. The van der Waals surface area contributed by atoms with E-state index in [1.54, 1.807) is 0 Å². The lowest BCUT2D eigenvalue weighted by atomic mass is 9.85. The van der Waals surface area contributed by atoms with Crippen molar-refractivity contribution in [2.45, 2.75) is 46.7 Å². The van der Waals surface area contributed by atoms with E-state index >= 15 is 0 Å². The largest absolute Gasteiger partial charge is 0.492 e. The van der Waals surface area contributed by atoms with E-state index in [2.05, 4.69) is 64.0 Å². The molecule has 1 aromatic rings. The number of hydrogen-bond acceptors (Lipinski definition) is 3. The second-order valence-corrected chi connectivity index (χ2v) is 7.89. The minimum Gasteiger partial charge on any atom is -0.492 e. The maximum absolute atomic E-state index is 9.24. The highest BCUT2D eigenvalue weighted by Gasteiger charge is 2.24. The summed E-state index contributed by atoms with van der Waals surface area (Å²) in [5.74, 6) is 0.879. The minimum atomic E-state index is 0.0950. The van der Waals surface area contributed by atoms with Crippen molar-refractivity contribution < 1.29 is 9.84 Å². The Balaban J connectivity index is 2.91. The maximum Gasteiger partial charge on any atom is 0.138 e. The van der Waals surface area contributed by atoms with Crippen LogP contribution in [0.1, 0.15) is 39.7 Å². The lowest BCUT2D eigenvalue weighted by Crippen LogP contribution is -2.40. The van der Waals surface area contributed by atoms with Crippen LogP contribution in [0, 0.1) is 5.41 Å². The van der Waals surface area contributed by atoms with Gasteiger partial charge in [0.05, 0.1) is 11.1 Å². The van der Waals surface area contributed by atoms with Gasteiger partial charge in [0.1, 0.15) is 5.75 Å². The first-order valence-electron chi connectivity index (χ1n) is 7.24. The Morgan fingerprint density at radius 1 is 1.29 bits per heavy atom. The van der Waals surface area contributed by atoms with Crippen LogP contribution in [0.5, 0.6) is 5.75 Å². The highest BCUT2D eigenvalue weighted by atomic mass is 79.9. The molecule has 1 atom stereocenters. The molecule has 0 fully saturated rings. The van der Waals surface area contributed by atoms with Gasteiger partial charge in [-0.15, -0.1) is 0 Å². The molecular weight excluding hydrogens is 398 g/mol. The van der Waals surface area contributed by atoms with Crippen LogP contribution in [0.2, 0.25) is 0 Å². The molecule has 0 amide bonds. The summed E-state index contributed by atoms with van der Waals surface area (Å²) in [4.78, 5) is 0. The Bertz CT molecular complexity index is 458. The molecule has 0 aromatic heterocycles. The molecule has 1 unspecified atom stereocenters. The molecule has 0 aliphatic rings. The number of nitrogens with one attached hydrogen (secondary N) is 1. The van der Waals surface area contributed by atoms with Gasteiger partial charge in [-0.05, 0) is 46.8 Å². The number of aliphatic hydroxyl groups excluding tert-OH is 1. The third kappa shape index (κ3) is 5.89. The molecule has 0 radical (unpaired) electrons. The molecule has 0 saturated heterocycles. The second kappa shape index (κ2) is 8.51. The number of ether oxygens (including phenoxy) is 1. The highest BCUT2D eigenvalue weighted by molar-refractivity contribution is 9.11. The van der Waals surface area contributed by atoms with Crippen LogP contribution in [0.25, 0.3) is 0 Å². The van der Waals surface area contributed by atoms with Crippen LogP contribution in [0.3, 0.4) is 0 Å². The van der Waals surface area contributed by atoms with Crippen molar-refractivity contribution in [3.63, 3.8) is 0 Å². The average Bonchev–Trinajstić information content (AvgIpc) is 2.36. The Morgan fingerprint density at radius 2 is 1.95 bits per heavy atom. The quantitative estimate of drug-likeness (QED) is 0.679. The van der Waals surface area contributed by atoms with Crippen molar-refractivity contribution >= 4 is 31.9 Å². The summed E-state index contributed by atoms with van der Waals surface area (Å²) in [6, 6.07) is 4.31. The van der Waals surface area contributed by atoms with E-state index in [0.717, 1.165) is 26.7 Å². The molecule has 120 valence electrons. The van der Waals surface area contributed by atoms with Crippen LogP contribution in [0.4, 0.5) is 0 Å². The van der Waals surface area contributed by atoms with Gasteiger partial charge in [0.25, 0.3) is 0 Å². The van der Waals surface area contributed by atoms with Gasteiger partial charge < -0.3 is 15.2 Å². The fraction of sp³-hybridized carbons (Fsp3) is 0.625. The summed E-state index contributed by atoms with van der Waals surface area (Å²) < 4.78 is 7.71. The number of rotatable bonds is 7. The molecule has 0 spiro atoms. The number of aliphatic hydroxyl groups is 1. The van der Waals surface area contributed by atoms with Gasteiger partial charge in [-0.25, -0.2) is 0 Å². The van der Waals surface area contributed by atoms with Crippen LogP contribution in [0.15, 0.2) is 21.1 Å². The number of hydrogen-bond donors (Lipinski definition) is 2. The molecule has 1 aromatic carbocycles. The number of benzene rings is 1. The van der Waals surface area contributed by atoms with E-state index in [4.69, 9.17) is 4.74 Å². The molecule has 2 N–H and O–H groups in total. The van der Waals surface area contributed by atoms with Gasteiger partial charge in [0, 0.05) is 29.2 Å². The first-order valence-corrected chi connectivity index (χ1v) is 8.83. The molecular formula is C16H25Br2NO2. The molecule has 0 bridgehead atoms. The van der Waals surface area contributed by atoms with Crippen molar-refractivity contribution in [2.75, 3.05) is 13.2 Å². The second-order valence-electron chi connectivity index (χ2n) is 6.12. The molecule has 21 heavy (non-hydrogen) atoms. The monoisotopic (exact) mass is 421 g/mol. The Morgan fingerprint density at radius 3 is 2.48 bits per heavy atom. The summed E-state index contributed by atoms with van der Waals surface area (Å²) in [6.07, 6.45) is 0.739. The first kappa shape index (κ1) is 18.9. The Kier molecular flexibility index (Phi) is 7.68. The van der Waals surface area contributed by atoms with Gasteiger partial charge in [-0.2, -0.15) is 0 Å². The molecule has 5 heteroatoms. The lowest BCUT2D eigenvalue weighted by Gasteiger charge is -2.31. The van der Waals surface area contributed by atoms with E-state index in [9.17, 15) is 5.11 Å². The van der Waals surface area contributed by atoms with E-state index in [1.807, 2.05) is 13.0 Å². The zero-order chi connectivity index (χ0) is 16.0. The first-order chi connectivity index (χ1) is 9.79. The average molecular weight is 423 g/mol. The summed E-state index contributed by atoms with van der Waals surface area (Å²) in [6.45, 7) is 10.1. The van der Waals surface area contributed by atoms with E-state index < -0.39 is 0 Å². The predicted octanol–water partition coefficient (Wildman–Crippen LogP) is 4.50. The van der Waals surface area contributed by atoms with E-state index in [1.165, 1.54) is 0 Å². The van der Waals surface area contributed by atoms with Crippen molar-refractivity contribution in [2.24, 2.45) is 5.41 Å². The van der Waals surface area contributed by atoms with Gasteiger partial charge in [0.15, 0.2) is 0 Å². The lowest BCUT2D eigenvalue weighted by molar-refractivity contribution is 0.196. The standard InChI is InChI=1S/C16H25Br2NO2/c1-5-21-15-11(8-12(17)9-13(15)18)10-19-14(6-7-20)16(2,3)4/h8-9,14,19-20H,5-7,10H2,1-4H3. The van der Waals surface area contributed by atoms with Crippen LogP contribution in [-0.4, -0.2) is 24.4 Å². The minimum absolute atomic E-state index is 0.0950. The van der Waals surface area contributed by atoms with Gasteiger partial charge in [0.2, 0.25) is 0 Å². The predicted molar refractivity (Wildman–Crippen MR) is 94.8 cm³/mol. The van der Waals surface area contributed by atoms with Crippen LogP contribution < -0.4 is 10.1 Å². The summed E-state index contributed by atoms with van der Waals surface area (Å²) in [5.41, 5.74) is 1.20. The normalized spacial score (nSPS) is 13.3. The maximum atomic E-state index is 9.24. The Hall–Kier alpha value is -0.100. The van der Waals surface area contributed by atoms with Crippen LogP contribution >= 0.6 is 31.9 Å². The van der Waals surface area contributed by atoms with Crippen molar-refractivity contribution in [1.82, 2.24) is 5.32 Å². The fourth-order valence-electron chi connectivity index (χ4n) is 2.25. The molecule has 0 heterocycles. The summed E-state index contributed by atoms with van der Waals surface area (Å²) in [7, 11) is 0. The summed E-state index contributed by atoms with van der Waals surface area (Å²) >= 11 is 7.08. The molecule has 3 nitrogen and oxygen atoms in total. The third-order valence-electron chi connectivity index (χ3n) is 3.38. The molecule has 1 rings (SSSR count). The Labute approximate surface area is 144 Å². The van der Waals surface area contributed by atoms with Gasteiger partial charge in [-0.3, -0.25) is 0 Å². The summed E-state index contributed by atoms with van der Waals surface area (Å²) in [5, 5.41) is 12.8.